The minimum Gasteiger partial charge on any atom is -0.492 e. The number of nitrogen functional groups attached to an aromatic ring is 1. The fourth-order valence-corrected chi connectivity index (χ4v) is 1.73. The highest BCUT2D eigenvalue weighted by Gasteiger charge is 2.03. The van der Waals surface area contributed by atoms with Gasteiger partial charge in [-0.25, -0.2) is 0 Å². The largest absolute Gasteiger partial charge is 0.492 e. The maximum absolute atomic E-state index is 5.82. The molecule has 3 N–H and O–H groups in total. The Morgan fingerprint density at radius 2 is 1.86 bits per heavy atom. The molecule has 0 unspecified atom stereocenters. The maximum atomic E-state index is 5.82. The lowest BCUT2D eigenvalue weighted by molar-refractivity contribution is 0.307. The van der Waals surface area contributed by atoms with Crippen LogP contribution in [-0.2, 0) is 0 Å². The second-order valence-electron chi connectivity index (χ2n) is 4.53. The molecular formula is C16H21N3O2. The molecule has 0 radical (unpaired) electrons. The number of nitrogens with one attached hydrogen (secondary N) is 1. The van der Waals surface area contributed by atoms with Gasteiger partial charge in [-0.3, -0.25) is 0 Å². The van der Waals surface area contributed by atoms with Crippen LogP contribution in [0.25, 0.3) is 0 Å². The van der Waals surface area contributed by atoms with Crippen molar-refractivity contribution in [3.05, 3.63) is 42.5 Å². The highest BCUT2D eigenvalue weighted by atomic mass is 16.5. The summed E-state index contributed by atoms with van der Waals surface area (Å²) in [4.78, 5) is 4.34. The second-order valence-corrected chi connectivity index (χ2v) is 4.53. The molecular weight excluding hydrogens is 266 g/mol. The van der Waals surface area contributed by atoms with Crippen LogP contribution in [0.1, 0.15) is 13.3 Å². The minimum atomic E-state index is 0.478. The van der Waals surface area contributed by atoms with E-state index in [1.54, 1.807) is 6.07 Å². The van der Waals surface area contributed by atoms with Gasteiger partial charge in [0.2, 0.25) is 5.88 Å². The summed E-state index contributed by atoms with van der Waals surface area (Å²) >= 11 is 0. The third-order valence-corrected chi connectivity index (χ3v) is 2.75. The number of benzene rings is 1. The predicted molar refractivity (Wildman–Crippen MR) is 84.9 cm³/mol. The number of para-hydroxylation sites is 1. The average molecular weight is 287 g/mol. The number of nitrogens with zero attached hydrogens (tertiary/aromatic N) is 1. The van der Waals surface area contributed by atoms with Gasteiger partial charge < -0.3 is 20.5 Å². The minimum absolute atomic E-state index is 0.478. The zero-order valence-electron chi connectivity index (χ0n) is 12.2. The summed E-state index contributed by atoms with van der Waals surface area (Å²) in [6.07, 6.45) is 0.920. The molecule has 1 aromatic carbocycles. The highest BCUT2D eigenvalue weighted by Crippen LogP contribution is 2.20. The van der Waals surface area contributed by atoms with Crippen LogP contribution < -0.4 is 20.5 Å². The molecule has 5 heteroatoms. The standard InChI is InChI=1S/C16H21N3O2/c1-2-11-21-16-14(17)8-9-15(19-16)18-10-12-20-13-6-4-3-5-7-13/h3-9H,2,10-12,17H2,1H3,(H,18,19). The Morgan fingerprint density at radius 3 is 2.62 bits per heavy atom. The van der Waals surface area contributed by atoms with Crippen LogP contribution >= 0.6 is 0 Å². The van der Waals surface area contributed by atoms with Gasteiger partial charge in [-0.2, -0.15) is 4.98 Å². The van der Waals surface area contributed by atoms with Crippen LogP contribution in [0.5, 0.6) is 11.6 Å². The Balaban J connectivity index is 1.80. The van der Waals surface area contributed by atoms with E-state index in [0.717, 1.165) is 18.0 Å². The smallest absolute Gasteiger partial charge is 0.239 e. The normalized spacial score (nSPS) is 10.1. The van der Waals surface area contributed by atoms with Crippen LogP contribution in [0.4, 0.5) is 11.5 Å². The molecule has 0 aliphatic rings. The van der Waals surface area contributed by atoms with Gasteiger partial charge in [0.25, 0.3) is 0 Å². The summed E-state index contributed by atoms with van der Waals surface area (Å²) in [5.41, 5.74) is 6.37. The van der Waals surface area contributed by atoms with Crippen LogP contribution in [0.3, 0.4) is 0 Å². The summed E-state index contributed by atoms with van der Waals surface area (Å²) < 4.78 is 11.1. The number of anilines is 2. The first-order valence-corrected chi connectivity index (χ1v) is 7.10. The third-order valence-electron chi connectivity index (χ3n) is 2.75. The van der Waals surface area contributed by atoms with Crippen molar-refractivity contribution in [2.75, 3.05) is 30.8 Å². The SMILES string of the molecule is CCCOc1nc(NCCOc2ccccc2)ccc1N. The van der Waals surface area contributed by atoms with E-state index in [4.69, 9.17) is 15.2 Å². The molecule has 21 heavy (non-hydrogen) atoms. The van der Waals surface area contributed by atoms with E-state index in [-0.39, 0.29) is 0 Å². The van der Waals surface area contributed by atoms with Gasteiger partial charge in [0.15, 0.2) is 0 Å². The molecule has 0 fully saturated rings. The number of rotatable bonds is 8. The monoisotopic (exact) mass is 287 g/mol. The molecule has 0 bridgehead atoms. The molecule has 5 nitrogen and oxygen atoms in total. The number of pyridine rings is 1. The Bertz CT molecular complexity index is 546. The van der Waals surface area contributed by atoms with Crippen molar-refractivity contribution in [2.24, 2.45) is 0 Å². The molecule has 2 aromatic rings. The van der Waals surface area contributed by atoms with Gasteiger partial charge >= 0.3 is 0 Å². The summed E-state index contributed by atoms with van der Waals surface area (Å²) in [5.74, 6) is 2.06. The Morgan fingerprint density at radius 1 is 1.05 bits per heavy atom. The number of hydrogen-bond acceptors (Lipinski definition) is 5. The Kier molecular flexibility index (Phi) is 5.70. The quantitative estimate of drug-likeness (QED) is 0.731. The number of ether oxygens (including phenoxy) is 2. The molecule has 112 valence electrons. The first-order chi connectivity index (χ1) is 10.3. The fraction of sp³-hybridized carbons (Fsp3) is 0.312. The molecule has 0 atom stereocenters. The van der Waals surface area contributed by atoms with Gasteiger partial charge in [0.05, 0.1) is 18.8 Å². The number of hydrogen-bond donors (Lipinski definition) is 2. The van der Waals surface area contributed by atoms with E-state index in [1.165, 1.54) is 0 Å². The lowest BCUT2D eigenvalue weighted by Crippen LogP contribution is -2.13. The Hall–Kier alpha value is -2.43. The summed E-state index contributed by atoms with van der Waals surface area (Å²) in [6.45, 7) is 3.86. The molecule has 0 saturated heterocycles. The van der Waals surface area contributed by atoms with E-state index in [0.29, 0.717) is 31.3 Å². The summed E-state index contributed by atoms with van der Waals surface area (Å²) in [7, 11) is 0. The molecule has 0 spiro atoms. The van der Waals surface area contributed by atoms with E-state index >= 15 is 0 Å². The number of nitrogens with two attached hydrogens (primary N) is 1. The molecule has 1 heterocycles. The van der Waals surface area contributed by atoms with Crippen LogP contribution in [-0.4, -0.2) is 24.7 Å². The van der Waals surface area contributed by atoms with Crippen molar-refractivity contribution in [1.82, 2.24) is 4.98 Å². The summed E-state index contributed by atoms with van der Waals surface area (Å²) in [5, 5.41) is 3.19. The Labute approximate surface area is 125 Å². The fourth-order valence-electron chi connectivity index (χ4n) is 1.73. The van der Waals surface area contributed by atoms with Crippen LogP contribution in [0.2, 0.25) is 0 Å². The van der Waals surface area contributed by atoms with Gasteiger partial charge in [-0.1, -0.05) is 25.1 Å². The second kappa shape index (κ2) is 7.99. The van der Waals surface area contributed by atoms with Gasteiger partial charge in [0.1, 0.15) is 18.2 Å². The molecule has 0 aliphatic heterocycles. The molecule has 0 saturated carbocycles. The van der Waals surface area contributed by atoms with Gasteiger partial charge in [-0.05, 0) is 30.7 Å². The zero-order chi connectivity index (χ0) is 14.9. The molecule has 2 rings (SSSR count). The van der Waals surface area contributed by atoms with Crippen molar-refractivity contribution >= 4 is 11.5 Å². The van der Waals surface area contributed by atoms with E-state index in [1.807, 2.05) is 43.3 Å². The van der Waals surface area contributed by atoms with Gasteiger partial charge in [0, 0.05) is 0 Å². The zero-order valence-corrected chi connectivity index (χ0v) is 12.2. The van der Waals surface area contributed by atoms with Crippen LogP contribution in [0.15, 0.2) is 42.5 Å². The van der Waals surface area contributed by atoms with E-state index < -0.39 is 0 Å². The van der Waals surface area contributed by atoms with Crippen molar-refractivity contribution in [3.63, 3.8) is 0 Å². The van der Waals surface area contributed by atoms with Crippen molar-refractivity contribution in [2.45, 2.75) is 13.3 Å². The van der Waals surface area contributed by atoms with Gasteiger partial charge in [-0.15, -0.1) is 0 Å². The van der Waals surface area contributed by atoms with Crippen molar-refractivity contribution < 1.29 is 9.47 Å². The first kappa shape index (κ1) is 15.0. The lowest BCUT2D eigenvalue weighted by atomic mass is 10.3. The lowest BCUT2D eigenvalue weighted by Gasteiger charge is -2.11. The summed E-state index contributed by atoms with van der Waals surface area (Å²) in [6, 6.07) is 13.3. The van der Waals surface area contributed by atoms with E-state index in [2.05, 4.69) is 10.3 Å². The predicted octanol–water partition coefficient (Wildman–Crippen LogP) is 2.94. The number of aromatic nitrogens is 1. The first-order valence-electron chi connectivity index (χ1n) is 7.10. The van der Waals surface area contributed by atoms with Crippen molar-refractivity contribution in [3.8, 4) is 11.6 Å². The molecule has 0 aliphatic carbocycles. The topological polar surface area (TPSA) is 69.4 Å². The van der Waals surface area contributed by atoms with E-state index in [9.17, 15) is 0 Å². The maximum Gasteiger partial charge on any atom is 0.239 e. The highest BCUT2D eigenvalue weighted by molar-refractivity contribution is 5.53. The van der Waals surface area contributed by atoms with Crippen molar-refractivity contribution in [1.29, 1.82) is 0 Å². The molecule has 0 amide bonds. The molecule has 1 aromatic heterocycles. The van der Waals surface area contributed by atoms with Crippen LogP contribution in [0, 0.1) is 0 Å². The average Bonchev–Trinajstić information content (AvgIpc) is 2.52. The third kappa shape index (κ3) is 4.87.